The normalized spacial score (nSPS) is 27.3. The Balaban J connectivity index is 1.75. The highest BCUT2D eigenvalue weighted by Gasteiger charge is 2.45. The van der Waals surface area contributed by atoms with Gasteiger partial charge in [-0.25, -0.2) is 4.68 Å². The molecule has 2 bridgehead atoms. The van der Waals surface area contributed by atoms with Crippen LogP contribution in [0.3, 0.4) is 0 Å². The first kappa shape index (κ1) is 13.6. The first-order chi connectivity index (χ1) is 10.6. The number of tetrazole rings is 1. The fourth-order valence-corrected chi connectivity index (χ4v) is 3.03. The second kappa shape index (κ2) is 4.97. The zero-order chi connectivity index (χ0) is 15.3. The van der Waals surface area contributed by atoms with Gasteiger partial charge < -0.3 is 14.6 Å². The van der Waals surface area contributed by atoms with Gasteiger partial charge in [-0.05, 0) is 34.8 Å². The molecular weight excluding hydrogens is 308 g/mol. The zero-order valence-electron chi connectivity index (χ0n) is 11.3. The van der Waals surface area contributed by atoms with Gasteiger partial charge in [-0.2, -0.15) is 4.68 Å². The molecule has 0 radical (unpaired) electrons. The third-order valence-corrected chi connectivity index (χ3v) is 4.20. The minimum Gasteiger partial charge on any atom is -0.506 e. The molecule has 22 heavy (non-hydrogen) atoms. The molecule has 1 N–H and O–H groups in total. The maximum Gasteiger partial charge on any atom is 0.221 e. The molecule has 0 unspecified atom stereocenters. The number of phenols is 1. The van der Waals surface area contributed by atoms with E-state index in [2.05, 4.69) is 10.4 Å². The Morgan fingerprint density at radius 2 is 2.14 bits per heavy atom. The van der Waals surface area contributed by atoms with Crippen molar-refractivity contribution in [2.75, 3.05) is 6.61 Å². The van der Waals surface area contributed by atoms with Crippen LogP contribution in [-0.4, -0.2) is 49.7 Å². The Bertz CT molecular complexity index is 801. The van der Waals surface area contributed by atoms with E-state index in [0.29, 0.717) is 12.3 Å². The number of ether oxygens (including phenoxy) is 2. The molecule has 2 aliphatic heterocycles. The van der Waals surface area contributed by atoms with Crippen LogP contribution in [0.15, 0.2) is 24.3 Å². The van der Waals surface area contributed by atoms with Crippen LogP contribution in [0.1, 0.15) is 12.5 Å². The fourth-order valence-electron chi connectivity index (χ4n) is 2.73. The second-order valence-corrected chi connectivity index (χ2v) is 5.55. The van der Waals surface area contributed by atoms with E-state index in [0.717, 1.165) is 0 Å². The van der Waals surface area contributed by atoms with Crippen LogP contribution in [0.2, 0.25) is 0 Å². The van der Waals surface area contributed by atoms with Crippen LogP contribution >= 0.6 is 12.2 Å². The van der Waals surface area contributed by atoms with E-state index in [-0.39, 0.29) is 34.9 Å². The topological polar surface area (TPSA) is 91.4 Å². The van der Waals surface area contributed by atoms with Gasteiger partial charge in [0.15, 0.2) is 5.78 Å². The summed E-state index contributed by atoms with van der Waals surface area (Å²) in [6, 6.07) is 6.34. The molecule has 0 amide bonds. The molecule has 4 rings (SSSR count). The Hall–Kier alpha value is -2.10. The third-order valence-electron chi connectivity index (χ3n) is 3.84. The van der Waals surface area contributed by atoms with E-state index in [1.165, 1.54) is 9.36 Å². The van der Waals surface area contributed by atoms with Crippen LogP contribution in [0.4, 0.5) is 0 Å². The molecule has 0 saturated carbocycles. The number of fused-ring (bicyclic) bond motifs is 2. The van der Waals surface area contributed by atoms with Crippen molar-refractivity contribution in [3.8, 4) is 11.4 Å². The summed E-state index contributed by atoms with van der Waals surface area (Å²) in [5, 5.41) is 17.9. The minimum atomic E-state index is -0.761. The number of benzene rings is 1. The summed E-state index contributed by atoms with van der Waals surface area (Å²) in [4.78, 5) is 11.9. The van der Waals surface area contributed by atoms with Crippen molar-refractivity contribution in [1.82, 2.24) is 19.8 Å². The first-order valence-electron chi connectivity index (χ1n) is 6.78. The number of aromatic hydroxyl groups is 1. The molecule has 2 aromatic rings. The lowest BCUT2D eigenvalue weighted by Crippen LogP contribution is -2.37. The van der Waals surface area contributed by atoms with Gasteiger partial charge in [0.05, 0.1) is 12.6 Å². The van der Waals surface area contributed by atoms with Crippen molar-refractivity contribution < 1.29 is 19.4 Å². The van der Waals surface area contributed by atoms with Gasteiger partial charge in [-0.1, -0.05) is 12.1 Å². The number of nitrogens with zero attached hydrogens (tertiary/aromatic N) is 4. The molecule has 2 saturated heterocycles. The Morgan fingerprint density at radius 3 is 2.95 bits per heavy atom. The number of phenolic OH excluding ortho intramolecular Hbond substituents is 1. The smallest absolute Gasteiger partial charge is 0.221 e. The van der Waals surface area contributed by atoms with Crippen molar-refractivity contribution in [3.63, 3.8) is 0 Å². The van der Waals surface area contributed by atoms with Gasteiger partial charge in [-0.3, -0.25) is 4.79 Å². The van der Waals surface area contributed by atoms with E-state index >= 15 is 0 Å². The van der Waals surface area contributed by atoms with Gasteiger partial charge in [0, 0.05) is 6.42 Å². The van der Waals surface area contributed by atoms with Crippen molar-refractivity contribution in [1.29, 1.82) is 0 Å². The lowest BCUT2D eigenvalue weighted by molar-refractivity contribution is -0.156. The summed E-state index contributed by atoms with van der Waals surface area (Å²) < 4.78 is 13.9. The van der Waals surface area contributed by atoms with Gasteiger partial charge in [0.25, 0.3) is 0 Å². The van der Waals surface area contributed by atoms with Crippen molar-refractivity contribution >= 4 is 18.0 Å². The Kier molecular flexibility index (Phi) is 3.06. The van der Waals surface area contributed by atoms with Gasteiger partial charge >= 0.3 is 0 Å². The van der Waals surface area contributed by atoms with E-state index in [9.17, 15) is 9.90 Å². The molecule has 2 fully saturated rings. The highest BCUT2D eigenvalue weighted by Crippen LogP contribution is 2.33. The molecule has 1 aromatic carbocycles. The predicted octanol–water partition coefficient (Wildman–Crippen LogP) is 0.759. The SMILES string of the molecule is O=C1C[C@H](n2nnn(-c3ccccc3O)c2=S)[C@H]2CO[C@@H]1O2. The molecule has 0 spiro atoms. The number of ketones is 1. The molecule has 3 atom stereocenters. The lowest BCUT2D eigenvalue weighted by atomic mass is 10.0. The quantitative estimate of drug-likeness (QED) is 0.817. The number of para-hydroxylation sites is 2. The first-order valence-corrected chi connectivity index (χ1v) is 7.18. The summed E-state index contributed by atoms with van der Waals surface area (Å²) in [5.41, 5.74) is 0.433. The van der Waals surface area contributed by atoms with E-state index < -0.39 is 6.29 Å². The van der Waals surface area contributed by atoms with Crippen molar-refractivity contribution in [3.05, 3.63) is 29.0 Å². The van der Waals surface area contributed by atoms with Crippen molar-refractivity contribution in [2.24, 2.45) is 0 Å². The van der Waals surface area contributed by atoms with Gasteiger partial charge in [0.2, 0.25) is 11.1 Å². The van der Waals surface area contributed by atoms with Crippen LogP contribution in [-0.2, 0) is 14.3 Å². The predicted molar refractivity (Wildman–Crippen MR) is 75.1 cm³/mol. The number of carbonyl (C=O) groups excluding carboxylic acids is 1. The minimum absolute atomic E-state index is 0.0471. The highest BCUT2D eigenvalue weighted by molar-refractivity contribution is 7.71. The zero-order valence-corrected chi connectivity index (χ0v) is 12.1. The lowest BCUT2D eigenvalue weighted by Gasteiger charge is -2.25. The average molecular weight is 320 g/mol. The number of Topliss-reactive ketones (excluding diaryl/α,β-unsaturated/α-hetero) is 1. The maximum absolute atomic E-state index is 11.9. The summed E-state index contributed by atoms with van der Waals surface area (Å²) in [7, 11) is 0. The van der Waals surface area contributed by atoms with Gasteiger partial charge in [0.1, 0.15) is 17.5 Å². The molecule has 2 aliphatic rings. The number of rotatable bonds is 2. The number of hydrogen-bond donors (Lipinski definition) is 1. The molecule has 114 valence electrons. The molecule has 1 aromatic heterocycles. The Labute approximate surface area is 129 Å². The van der Waals surface area contributed by atoms with E-state index in [1.807, 2.05) is 0 Å². The van der Waals surface area contributed by atoms with Crippen LogP contribution < -0.4 is 0 Å². The largest absolute Gasteiger partial charge is 0.506 e. The summed E-state index contributed by atoms with van der Waals surface area (Å²) in [6.45, 7) is 0.326. The molecular formula is C13H12N4O4S. The number of hydrogen-bond acceptors (Lipinski definition) is 7. The van der Waals surface area contributed by atoms with Crippen LogP contribution in [0, 0.1) is 4.77 Å². The van der Waals surface area contributed by atoms with Crippen molar-refractivity contribution in [2.45, 2.75) is 24.9 Å². The molecule has 3 heterocycles. The van der Waals surface area contributed by atoms with E-state index in [4.69, 9.17) is 21.7 Å². The highest BCUT2D eigenvalue weighted by atomic mass is 32.1. The summed E-state index contributed by atoms with van der Waals surface area (Å²) in [5.74, 6) is -0.0800. The Morgan fingerprint density at radius 1 is 1.32 bits per heavy atom. The molecule has 0 aliphatic carbocycles. The van der Waals surface area contributed by atoms with E-state index in [1.54, 1.807) is 24.3 Å². The number of aromatic nitrogens is 4. The van der Waals surface area contributed by atoms with Gasteiger partial charge in [-0.15, -0.1) is 0 Å². The van der Waals surface area contributed by atoms with Crippen LogP contribution in [0.5, 0.6) is 5.75 Å². The third kappa shape index (κ3) is 1.97. The number of carbonyl (C=O) groups is 1. The maximum atomic E-state index is 11.9. The monoisotopic (exact) mass is 320 g/mol. The average Bonchev–Trinajstić information content (AvgIpc) is 3.10. The van der Waals surface area contributed by atoms with Crippen LogP contribution in [0.25, 0.3) is 5.69 Å². The molecule has 8 nitrogen and oxygen atoms in total. The summed E-state index contributed by atoms with van der Waals surface area (Å²) >= 11 is 5.38. The summed E-state index contributed by atoms with van der Waals surface area (Å²) in [6.07, 6.45) is -0.795. The molecule has 9 heteroatoms. The fraction of sp³-hybridized carbons (Fsp3) is 0.385. The second-order valence-electron chi connectivity index (χ2n) is 5.18. The standard InChI is InChI=1S/C13H12N4O4S/c18-9-4-2-1-3-7(9)16-13(22)17(15-14-16)8-5-10(19)12-20-6-11(8)21-12/h1-4,8,11-12,18H,5-6H2/t8-,11+,12+/m0/s1.